The molecular formula is C26H28N4O4. The fraction of sp³-hybridized carbons (Fsp3) is 0.308. The van der Waals surface area contributed by atoms with Crippen LogP contribution in [0.25, 0.3) is 16.9 Å². The number of aryl methyl sites for hydroxylation is 1. The lowest BCUT2D eigenvalue weighted by molar-refractivity contribution is 0.354. The summed E-state index contributed by atoms with van der Waals surface area (Å²) in [5, 5.41) is 8.54. The highest BCUT2D eigenvalue weighted by molar-refractivity contribution is 5.69. The van der Waals surface area contributed by atoms with Crippen LogP contribution in [0.5, 0.6) is 23.0 Å². The average molecular weight is 461 g/mol. The van der Waals surface area contributed by atoms with Crippen LogP contribution in [0.3, 0.4) is 0 Å². The van der Waals surface area contributed by atoms with Gasteiger partial charge in [0.1, 0.15) is 17.3 Å². The molecule has 4 aromatic rings. The standard InChI is InChI=1S/C26H28N4O4/c1-31-18-11-17(12-19(13-18)32-2)22-14-25-28-21-7-5-6-20(21)26(30(25)29-22)27-15-16-8-9-23(33-3)24(10-16)34-4/h8-14,27H,5-7,15H2,1-4H3. The highest BCUT2D eigenvalue weighted by Crippen LogP contribution is 2.34. The van der Waals surface area contributed by atoms with Crippen molar-refractivity contribution in [1.82, 2.24) is 14.6 Å². The van der Waals surface area contributed by atoms with Gasteiger partial charge >= 0.3 is 0 Å². The lowest BCUT2D eigenvalue weighted by Gasteiger charge is -2.14. The number of benzene rings is 2. The maximum absolute atomic E-state index is 5.46. The SMILES string of the molecule is COc1cc(OC)cc(-c2cc3nc4c(c(NCc5ccc(OC)c(OC)c5)n3n2)CCC4)c1. The molecule has 0 bridgehead atoms. The van der Waals surface area contributed by atoms with Crippen LogP contribution < -0.4 is 24.3 Å². The quantitative estimate of drug-likeness (QED) is 0.414. The van der Waals surface area contributed by atoms with Crippen LogP contribution in [0.1, 0.15) is 23.2 Å². The van der Waals surface area contributed by atoms with Crippen molar-refractivity contribution in [2.75, 3.05) is 33.8 Å². The van der Waals surface area contributed by atoms with E-state index in [0.717, 1.165) is 53.2 Å². The molecular weight excluding hydrogens is 432 g/mol. The van der Waals surface area contributed by atoms with Crippen molar-refractivity contribution in [3.05, 3.63) is 59.3 Å². The first-order chi connectivity index (χ1) is 16.6. The Labute approximate surface area is 198 Å². The number of methoxy groups -OCH3 is 4. The first-order valence-corrected chi connectivity index (χ1v) is 11.2. The molecule has 0 aliphatic heterocycles. The van der Waals surface area contributed by atoms with Gasteiger partial charge in [-0.15, -0.1) is 0 Å². The molecule has 1 aliphatic carbocycles. The van der Waals surface area contributed by atoms with E-state index in [9.17, 15) is 0 Å². The summed E-state index contributed by atoms with van der Waals surface area (Å²) >= 11 is 0. The van der Waals surface area contributed by atoms with Gasteiger partial charge in [0.15, 0.2) is 17.1 Å². The Kier molecular flexibility index (Phi) is 5.88. The largest absolute Gasteiger partial charge is 0.497 e. The first kappa shape index (κ1) is 21.9. The minimum absolute atomic E-state index is 0.619. The van der Waals surface area contributed by atoms with E-state index in [1.54, 1.807) is 28.4 Å². The second-order valence-corrected chi connectivity index (χ2v) is 8.18. The molecule has 0 radical (unpaired) electrons. The zero-order valence-corrected chi connectivity index (χ0v) is 19.8. The molecule has 2 aromatic heterocycles. The number of ether oxygens (including phenoxy) is 4. The Morgan fingerprint density at radius 2 is 1.62 bits per heavy atom. The third-order valence-corrected chi connectivity index (χ3v) is 6.18. The number of rotatable bonds is 8. The van der Waals surface area contributed by atoms with Gasteiger partial charge in [0.05, 0.1) is 34.1 Å². The molecule has 5 rings (SSSR count). The highest BCUT2D eigenvalue weighted by atomic mass is 16.5. The molecule has 8 heteroatoms. The van der Waals surface area contributed by atoms with Crippen LogP contribution >= 0.6 is 0 Å². The van der Waals surface area contributed by atoms with Crippen LogP contribution in [-0.2, 0) is 19.4 Å². The molecule has 0 atom stereocenters. The zero-order valence-electron chi connectivity index (χ0n) is 19.8. The van der Waals surface area contributed by atoms with Crippen molar-refractivity contribution in [3.8, 4) is 34.3 Å². The lowest BCUT2D eigenvalue weighted by Crippen LogP contribution is -2.10. The summed E-state index contributed by atoms with van der Waals surface area (Å²) in [5.41, 5.74) is 5.98. The number of nitrogens with zero attached hydrogens (tertiary/aromatic N) is 3. The highest BCUT2D eigenvalue weighted by Gasteiger charge is 2.22. The molecule has 0 saturated carbocycles. The van der Waals surface area contributed by atoms with Crippen LogP contribution in [0.4, 0.5) is 5.82 Å². The minimum Gasteiger partial charge on any atom is -0.497 e. The van der Waals surface area contributed by atoms with Gasteiger partial charge in [0.2, 0.25) is 0 Å². The van der Waals surface area contributed by atoms with Crippen LogP contribution in [0, 0.1) is 0 Å². The lowest BCUT2D eigenvalue weighted by atomic mass is 10.1. The Morgan fingerprint density at radius 3 is 2.32 bits per heavy atom. The Bertz CT molecular complexity index is 1330. The molecule has 2 aromatic carbocycles. The van der Waals surface area contributed by atoms with E-state index < -0.39 is 0 Å². The number of fused-ring (bicyclic) bond motifs is 2. The molecule has 2 heterocycles. The van der Waals surface area contributed by atoms with Crippen molar-refractivity contribution in [2.24, 2.45) is 0 Å². The number of hydrogen-bond acceptors (Lipinski definition) is 7. The third kappa shape index (κ3) is 3.96. The summed E-state index contributed by atoms with van der Waals surface area (Å²) < 4.78 is 23.6. The summed E-state index contributed by atoms with van der Waals surface area (Å²) in [6, 6.07) is 13.7. The molecule has 34 heavy (non-hydrogen) atoms. The Hall–Kier alpha value is -3.94. The number of nitrogens with one attached hydrogen (secondary N) is 1. The van der Waals surface area contributed by atoms with Crippen LogP contribution in [0.2, 0.25) is 0 Å². The molecule has 176 valence electrons. The van der Waals surface area contributed by atoms with E-state index in [2.05, 4.69) is 5.32 Å². The van der Waals surface area contributed by atoms with E-state index in [1.165, 1.54) is 5.56 Å². The van der Waals surface area contributed by atoms with Gasteiger partial charge in [-0.2, -0.15) is 9.61 Å². The molecule has 0 saturated heterocycles. The van der Waals surface area contributed by atoms with Gasteiger partial charge in [0.25, 0.3) is 0 Å². The molecule has 0 unspecified atom stereocenters. The molecule has 1 aliphatic rings. The first-order valence-electron chi connectivity index (χ1n) is 11.2. The minimum atomic E-state index is 0.619. The van der Waals surface area contributed by atoms with Gasteiger partial charge in [-0.25, -0.2) is 4.98 Å². The molecule has 0 fully saturated rings. The fourth-order valence-corrected chi connectivity index (χ4v) is 4.44. The van der Waals surface area contributed by atoms with Crippen molar-refractivity contribution < 1.29 is 18.9 Å². The Balaban J connectivity index is 1.54. The molecule has 1 N–H and O–H groups in total. The number of aromatic nitrogens is 3. The topological polar surface area (TPSA) is 79.1 Å². The fourth-order valence-electron chi connectivity index (χ4n) is 4.44. The van der Waals surface area contributed by atoms with Crippen molar-refractivity contribution in [1.29, 1.82) is 0 Å². The summed E-state index contributed by atoms with van der Waals surface area (Å²) in [6.07, 6.45) is 3.06. The number of hydrogen-bond donors (Lipinski definition) is 1. The van der Waals surface area contributed by atoms with E-state index in [-0.39, 0.29) is 0 Å². The van der Waals surface area contributed by atoms with Gasteiger partial charge in [0, 0.05) is 35.5 Å². The van der Waals surface area contributed by atoms with E-state index >= 15 is 0 Å². The number of anilines is 1. The molecule has 0 amide bonds. The van der Waals surface area contributed by atoms with Crippen molar-refractivity contribution in [3.63, 3.8) is 0 Å². The van der Waals surface area contributed by atoms with Crippen LogP contribution in [-0.4, -0.2) is 43.0 Å². The van der Waals surface area contributed by atoms with Crippen molar-refractivity contribution >= 4 is 11.5 Å². The third-order valence-electron chi connectivity index (χ3n) is 6.18. The maximum atomic E-state index is 5.46. The van der Waals surface area contributed by atoms with E-state index in [0.29, 0.717) is 29.5 Å². The predicted octanol–water partition coefficient (Wildman–Crippen LogP) is 4.53. The molecule has 0 spiro atoms. The predicted molar refractivity (Wildman–Crippen MR) is 130 cm³/mol. The second-order valence-electron chi connectivity index (χ2n) is 8.18. The Morgan fingerprint density at radius 1 is 0.853 bits per heavy atom. The smallest absolute Gasteiger partial charge is 0.161 e. The van der Waals surface area contributed by atoms with E-state index in [1.807, 2.05) is 47.0 Å². The summed E-state index contributed by atoms with van der Waals surface area (Å²) in [4.78, 5) is 4.91. The summed E-state index contributed by atoms with van der Waals surface area (Å²) in [7, 11) is 6.57. The van der Waals surface area contributed by atoms with Crippen molar-refractivity contribution in [2.45, 2.75) is 25.8 Å². The van der Waals surface area contributed by atoms with Gasteiger partial charge < -0.3 is 24.3 Å². The molecule has 8 nitrogen and oxygen atoms in total. The summed E-state index contributed by atoms with van der Waals surface area (Å²) in [5.74, 6) is 3.83. The zero-order chi connectivity index (χ0) is 23.7. The van der Waals surface area contributed by atoms with Crippen LogP contribution in [0.15, 0.2) is 42.5 Å². The maximum Gasteiger partial charge on any atom is 0.161 e. The average Bonchev–Trinajstić information content (AvgIpc) is 3.53. The van der Waals surface area contributed by atoms with Gasteiger partial charge in [-0.1, -0.05) is 6.07 Å². The van der Waals surface area contributed by atoms with E-state index in [4.69, 9.17) is 29.0 Å². The van der Waals surface area contributed by atoms with Gasteiger partial charge in [-0.05, 0) is 49.1 Å². The second kappa shape index (κ2) is 9.13. The normalized spacial score (nSPS) is 12.5. The monoisotopic (exact) mass is 460 g/mol. The summed E-state index contributed by atoms with van der Waals surface area (Å²) in [6.45, 7) is 0.619. The van der Waals surface area contributed by atoms with Gasteiger partial charge in [-0.3, -0.25) is 0 Å².